The first-order chi connectivity index (χ1) is 8.63. The number of carbonyl (C=O) groups is 1. The molecule has 0 unspecified atom stereocenters. The third kappa shape index (κ3) is 2.41. The highest BCUT2D eigenvalue weighted by atomic mass is 35.5. The van der Waals surface area contributed by atoms with Crippen molar-refractivity contribution in [2.24, 2.45) is 0 Å². The molecular weight excluding hydrogens is 250 g/mol. The third-order valence-electron chi connectivity index (χ3n) is 2.79. The lowest BCUT2D eigenvalue weighted by Gasteiger charge is -2.10. The Morgan fingerprint density at radius 2 is 1.89 bits per heavy atom. The van der Waals surface area contributed by atoms with E-state index in [4.69, 9.17) is 16.7 Å². The standard InChI is InChI=1S/C14H14ClNO2/c1-2-9-16-12(7-8-13(16)14(17)18)10-3-5-11(15)6-4-10/h3-8H,2,9H2,1H3,(H,17,18). The normalized spacial score (nSPS) is 10.6. The van der Waals surface area contributed by atoms with Gasteiger partial charge in [-0.3, -0.25) is 0 Å². The largest absolute Gasteiger partial charge is 0.477 e. The van der Waals surface area contributed by atoms with Gasteiger partial charge >= 0.3 is 5.97 Å². The van der Waals surface area contributed by atoms with E-state index in [9.17, 15) is 4.79 Å². The van der Waals surface area contributed by atoms with Gasteiger partial charge in [0.2, 0.25) is 0 Å². The van der Waals surface area contributed by atoms with Crippen LogP contribution >= 0.6 is 11.6 Å². The van der Waals surface area contributed by atoms with Crippen LogP contribution in [0.5, 0.6) is 0 Å². The summed E-state index contributed by atoms with van der Waals surface area (Å²) in [4.78, 5) is 11.2. The van der Waals surface area contributed by atoms with E-state index >= 15 is 0 Å². The minimum atomic E-state index is -0.899. The van der Waals surface area contributed by atoms with E-state index in [1.165, 1.54) is 0 Å². The number of hydrogen-bond acceptors (Lipinski definition) is 1. The van der Waals surface area contributed by atoms with E-state index in [2.05, 4.69) is 0 Å². The Morgan fingerprint density at radius 3 is 2.44 bits per heavy atom. The summed E-state index contributed by atoms with van der Waals surface area (Å²) in [7, 11) is 0. The van der Waals surface area contributed by atoms with Crippen molar-refractivity contribution in [1.29, 1.82) is 0 Å². The average molecular weight is 264 g/mol. The molecule has 0 saturated carbocycles. The number of aromatic carboxylic acids is 1. The van der Waals surface area contributed by atoms with Gasteiger partial charge in [-0.2, -0.15) is 0 Å². The molecule has 1 heterocycles. The van der Waals surface area contributed by atoms with Gasteiger partial charge in [0.1, 0.15) is 5.69 Å². The maximum atomic E-state index is 11.2. The summed E-state index contributed by atoms with van der Waals surface area (Å²) in [5, 5.41) is 9.83. The molecule has 0 aliphatic heterocycles. The first-order valence-corrected chi connectivity index (χ1v) is 6.20. The smallest absolute Gasteiger partial charge is 0.352 e. The van der Waals surface area contributed by atoms with Crippen LogP contribution in [-0.2, 0) is 6.54 Å². The molecule has 0 saturated heterocycles. The van der Waals surface area contributed by atoms with Gasteiger partial charge in [0, 0.05) is 17.3 Å². The number of hydrogen-bond donors (Lipinski definition) is 1. The Hall–Kier alpha value is -1.74. The summed E-state index contributed by atoms with van der Waals surface area (Å²) in [5.41, 5.74) is 2.20. The Kier molecular flexibility index (Phi) is 3.72. The number of rotatable bonds is 4. The molecule has 3 nitrogen and oxygen atoms in total. The SMILES string of the molecule is CCCn1c(C(=O)O)ccc1-c1ccc(Cl)cc1. The lowest BCUT2D eigenvalue weighted by Crippen LogP contribution is -2.09. The highest BCUT2D eigenvalue weighted by Crippen LogP contribution is 2.24. The van der Waals surface area contributed by atoms with Gasteiger partial charge in [-0.25, -0.2) is 4.79 Å². The molecule has 2 rings (SSSR count). The summed E-state index contributed by atoms with van der Waals surface area (Å²) < 4.78 is 1.82. The Morgan fingerprint density at radius 1 is 1.22 bits per heavy atom. The van der Waals surface area contributed by atoms with E-state index in [0.717, 1.165) is 17.7 Å². The number of carboxylic acids is 1. The van der Waals surface area contributed by atoms with E-state index in [1.807, 2.05) is 29.7 Å². The first kappa shape index (κ1) is 12.7. The lowest BCUT2D eigenvalue weighted by molar-refractivity contribution is 0.0685. The molecule has 1 N–H and O–H groups in total. The van der Waals surface area contributed by atoms with Gasteiger partial charge < -0.3 is 9.67 Å². The summed E-state index contributed by atoms with van der Waals surface area (Å²) in [6.45, 7) is 2.71. The maximum Gasteiger partial charge on any atom is 0.352 e. The monoisotopic (exact) mass is 263 g/mol. The molecular formula is C14H14ClNO2. The van der Waals surface area contributed by atoms with Crippen molar-refractivity contribution in [1.82, 2.24) is 4.57 Å². The zero-order valence-corrected chi connectivity index (χ0v) is 10.8. The molecule has 0 atom stereocenters. The summed E-state index contributed by atoms with van der Waals surface area (Å²) in [6, 6.07) is 10.9. The van der Waals surface area contributed by atoms with Crippen molar-refractivity contribution < 1.29 is 9.90 Å². The molecule has 1 aromatic heterocycles. The molecule has 0 fully saturated rings. The second-order valence-corrected chi connectivity index (χ2v) is 4.50. The van der Waals surface area contributed by atoms with Gasteiger partial charge in [0.05, 0.1) is 0 Å². The quantitative estimate of drug-likeness (QED) is 0.908. The second-order valence-electron chi connectivity index (χ2n) is 4.07. The Balaban J connectivity index is 2.50. The van der Waals surface area contributed by atoms with Gasteiger partial charge in [-0.15, -0.1) is 0 Å². The van der Waals surface area contributed by atoms with E-state index in [1.54, 1.807) is 18.2 Å². The van der Waals surface area contributed by atoms with Crippen LogP contribution in [0, 0.1) is 0 Å². The Bertz CT molecular complexity index is 558. The van der Waals surface area contributed by atoms with Gasteiger partial charge in [-0.1, -0.05) is 30.7 Å². The molecule has 18 heavy (non-hydrogen) atoms. The fourth-order valence-electron chi connectivity index (χ4n) is 1.99. The summed E-state index contributed by atoms with van der Waals surface area (Å²) in [6.07, 6.45) is 0.884. The van der Waals surface area contributed by atoms with E-state index < -0.39 is 5.97 Å². The minimum absolute atomic E-state index is 0.321. The van der Waals surface area contributed by atoms with Crippen molar-refractivity contribution >= 4 is 17.6 Å². The van der Waals surface area contributed by atoms with Crippen LogP contribution in [0.15, 0.2) is 36.4 Å². The van der Waals surface area contributed by atoms with Crippen LogP contribution in [-0.4, -0.2) is 15.6 Å². The van der Waals surface area contributed by atoms with Gasteiger partial charge in [0.25, 0.3) is 0 Å². The number of carboxylic acid groups (broad SMARTS) is 1. The number of halogens is 1. The number of nitrogens with zero attached hydrogens (tertiary/aromatic N) is 1. The van der Waals surface area contributed by atoms with Crippen molar-refractivity contribution in [2.45, 2.75) is 19.9 Å². The molecule has 0 bridgehead atoms. The molecule has 4 heteroatoms. The molecule has 1 aromatic carbocycles. The number of benzene rings is 1. The fraction of sp³-hybridized carbons (Fsp3) is 0.214. The zero-order valence-electron chi connectivity index (χ0n) is 10.1. The van der Waals surface area contributed by atoms with Crippen LogP contribution in [0.25, 0.3) is 11.3 Å². The highest BCUT2D eigenvalue weighted by Gasteiger charge is 2.14. The molecule has 0 aliphatic rings. The molecule has 0 amide bonds. The van der Waals surface area contributed by atoms with Crippen molar-refractivity contribution in [3.05, 3.63) is 47.1 Å². The molecule has 0 aliphatic carbocycles. The van der Waals surface area contributed by atoms with Crippen molar-refractivity contribution in [2.75, 3.05) is 0 Å². The number of aromatic nitrogens is 1. The van der Waals surface area contributed by atoms with E-state index in [0.29, 0.717) is 17.3 Å². The van der Waals surface area contributed by atoms with E-state index in [-0.39, 0.29) is 0 Å². The topological polar surface area (TPSA) is 42.2 Å². The molecule has 94 valence electrons. The van der Waals surface area contributed by atoms with Gasteiger partial charge in [0.15, 0.2) is 0 Å². The average Bonchev–Trinajstić information content (AvgIpc) is 2.74. The fourth-order valence-corrected chi connectivity index (χ4v) is 2.12. The van der Waals surface area contributed by atoms with Crippen LogP contribution < -0.4 is 0 Å². The van der Waals surface area contributed by atoms with Crippen molar-refractivity contribution in [3.63, 3.8) is 0 Å². The predicted octanol–water partition coefficient (Wildman–Crippen LogP) is 3.92. The molecule has 0 spiro atoms. The highest BCUT2D eigenvalue weighted by molar-refractivity contribution is 6.30. The van der Waals surface area contributed by atoms with Gasteiger partial charge in [-0.05, 0) is 36.2 Å². The summed E-state index contributed by atoms with van der Waals surface area (Å²) in [5.74, 6) is -0.899. The van der Waals surface area contributed by atoms with Crippen LogP contribution in [0.1, 0.15) is 23.8 Å². The van der Waals surface area contributed by atoms with Crippen LogP contribution in [0.3, 0.4) is 0 Å². The summed E-state index contributed by atoms with van der Waals surface area (Å²) >= 11 is 5.85. The first-order valence-electron chi connectivity index (χ1n) is 5.82. The lowest BCUT2D eigenvalue weighted by atomic mass is 10.1. The van der Waals surface area contributed by atoms with Crippen LogP contribution in [0.2, 0.25) is 5.02 Å². The zero-order chi connectivity index (χ0) is 13.1. The second kappa shape index (κ2) is 5.27. The molecule has 2 aromatic rings. The predicted molar refractivity (Wildman–Crippen MR) is 72.1 cm³/mol. The maximum absolute atomic E-state index is 11.2. The molecule has 0 radical (unpaired) electrons. The Labute approximate surface area is 111 Å². The third-order valence-corrected chi connectivity index (χ3v) is 3.04. The van der Waals surface area contributed by atoms with Crippen molar-refractivity contribution in [3.8, 4) is 11.3 Å². The minimum Gasteiger partial charge on any atom is -0.477 e. The van der Waals surface area contributed by atoms with Crippen LogP contribution in [0.4, 0.5) is 0 Å².